The van der Waals surface area contributed by atoms with Crippen molar-refractivity contribution in [1.82, 2.24) is 4.90 Å². The molecule has 1 atom stereocenters. The molecule has 0 aromatic heterocycles. The van der Waals surface area contributed by atoms with Crippen LogP contribution >= 0.6 is 0 Å². The number of aryl methyl sites for hydroxylation is 2. The minimum absolute atomic E-state index is 0.126. The third kappa shape index (κ3) is 3.06. The monoisotopic (exact) mass is 328 g/mol. The molecule has 1 aromatic rings. The number of likely N-dealkylation sites (tertiary alicyclic amines) is 1. The van der Waals surface area contributed by atoms with Gasteiger partial charge in [-0.3, -0.25) is 9.59 Å². The van der Waals surface area contributed by atoms with E-state index in [2.05, 4.69) is 39.0 Å². The van der Waals surface area contributed by atoms with Gasteiger partial charge in [-0.05, 0) is 44.2 Å². The summed E-state index contributed by atoms with van der Waals surface area (Å²) in [5, 5.41) is 0. The molecule has 1 saturated heterocycles. The number of fused-ring (bicyclic) bond motifs is 1. The Bertz CT molecular complexity index is 637. The first-order valence-electron chi connectivity index (χ1n) is 9.25. The van der Waals surface area contributed by atoms with Gasteiger partial charge in [0.2, 0.25) is 11.8 Å². The molecule has 4 heteroatoms. The molecule has 24 heavy (non-hydrogen) atoms. The predicted octanol–water partition coefficient (Wildman–Crippen LogP) is 3.31. The molecule has 0 bridgehead atoms. The summed E-state index contributed by atoms with van der Waals surface area (Å²) in [6.07, 6.45) is 4.31. The SMILES string of the molecule is CCC(CC)N1CC(C(=O)N2CCCc3cc(C)ccc32)CC1=O. The van der Waals surface area contributed by atoms with Gasteiger partial charge in [-0.15, -0.1) is 0 Å². The molecule has 2 heterocycles. The van der Waals surface area contributed by atoms with Gasteiger partial charge in [-0.25, -0.2) is 0 Å². The van der Waals surface area contributed by atoms with Crippen molar-refractivity contribution < 1.29 is 9.59 Å². The van der Waals surface area contributed by atoms with Crippen LogP contribution in [0.2, 0.25) is 0 Å². The van der Waals surface area contributed by atoms with Crippen LogP contribution in [0.4, 0.5) is 5.69 Å². The summed E-state index contributed by atoms with van der Waals surface area (Å²) in [5.74, 6) is 0.0788. The molecule has 2 aliphatic rings. The molecule has 2 amide bonds. The van der Waals surface area contributed by atoms with Crippen LogP contribution in [0.3, 0.4) is 0 Å². The predicted molar refractivity (Wildman–Crippen MR) is 96.0 cm³/mol. The third-order valence-corrected chi connectivity index (χ3v) is 5.51. The maximum atomic E-state index is 13.1. The second kappa shape index (κ2) is 6.96. The van der Waals surface area contributed by atoms with Crippen LogP contribution in [0.1, 0.15) is 50.7 Å². The lowest BCUT2D eigenvalue weighted by atomic mass is 9.97. The zero-order chi connectivity index (χ0) is 17.3. The van der Waals surface area contributed by atoms with Crippen molar-refractivity contribution in [2.45, 2.75) is 58.9 Å². The summed E-state index contributed by atoms with van der Waals surface area (Å²) in [6.45, 7) is 7.66. The highest BCUT2D eigenvalue weighted by Gasteiger charge is 2.39. The van der Waals surface area contributed by atoms with Crippen LogP contribution in [-0.4, -0.2) is 35.8 Å². The van der Waals surface area contributed by atoms with E-state index in [-0.39, 0.29) is 23.8 Å². The normalized spacial score (nSPS) is 20.7. The van der Waals surface area contributed by atoms with Crippen molar-refractivity contribution >= 4 is 17.5 Å². The fourth-order valence-electron chi connectivity index (χ4n) is 4.15. The lowest BCUT2D eigenvalue weighted by molar-refractivity contribution is -0.130. The summed E-state index contributed by atoms with van der Waals surface area (Å²) in [6, 6.07) is 6.59. The molecule has 2 aliphatic heterocycles. The minimum Gasteiger partial charge on any atom is -0.339 e. The van der Waals surface area contributed by atoms with E-state index < -0.39 is 0 Å². The van der Waals surface area contributed by atoms with Crippen molar-refractivity contribution in [1.29, 1.82) is 0 Å². The highest BCUT2D eigenvalue weighted by molar-refractivity contribution is 5.99. The first kappa shape index (κ1) is 17.0. The molecule has 0 N–H and O–H groups in total. The van der Waals surface area contributed by atoms with Crippen molar-refractivity contribution in [2.24, 2.45) is 5.92 Å². The van der Waals surface area contributed by atoms with Crippen molar-refractivity contribution in [3.8, 4) is 0 Å². The number of carbonyl (C=O) groups excluding carboxylic acids is 2. The number of nitrogens with zero attached hydrogens (tertiary/aromatic N) is 2. The van der Waals surface area contributed by atoms with Gasteiger partial charge in [-0.2, -0.15) is 0 Å². The number of anilines is 1. The lowest BCUT2D eigenvalue weighted by Gasteiger charge is -2.32. The fraction of sp³-hybridized carbons (Fsp3) is 0.600. The fourth-order valence-corrected chi connectivity index (χ4v) is 4.15. The van der Waals surface area contributed by atoms with Crippen molar-refractivity contribution in [3.63, 3.8) is 0 Å². The molecule has 1 fully saturated rings. The van der Waals surface area contributed by atoms with E-state index in [1.165, 1.54) is 11.1 Å². The molecule has 0 saturated carbocycles. The van der Waals surface area contributed by atoms with E-state index in [0.29, 0.717) is 13.0 Å². The van der Waals surface area contributed by atoms with Gasteiger partial charge in [0, 0.05) is 31.2 Å². The molecule has 0 spiro atoms. The summed E-state index contributed by atoms with van der Waals surface area (Å²) < 4.78 is 0. The maximum Gasteiger partial charge on any atom is 0.232 e. The third-order valence-electron chi connectivity index (χ3n) is 5.51. The van der Waals surface area contributed by atoms with Gasteiger partial charge < -0.3 is 9.80 Å². The van der Waals surface area contributed by atoms with Gasteiger partial charge >= 0.3 is 0 Å². The number of carbonyl (C=O) groups is 2. The molecule has 1 aromatic carbocycles. The molecule has 130 valence electrons. The standard InChI is InChI=1S/C20H28N2O2/c1-4-17(5-2)22-13-16(12-19(22)23)20(24)21-10-6-7-15-11-14(3)8-9-18(15)21/h8-9,11,16-17H,4-7,10,12-13H2,1-3H3. The molecular weight excluding hydrogens is 300 g/mol. The number of rotatable bonds is 4. The Morgan fingerprint density at radius 2 is 2.04 bits per heavy atom. The van der Waals surface area contributed by atoms with Crippen LogP contribution in [0, 0.1) is 12.8 Å². The van der Waals surface area contributed by atoms with E-state index in [9.17, 15) is 9.59 Å². The van der Waals surface area contributed by atoms with Gasteiger partial charge in [0.25, 0.3) is 0 Å². The molecule has 1 unspecified atom stereocenters. The Labute approximate surface area is 144 Å². The quantitative estimate of drug-likeness (QED) is 0.851. The minimum atomic E-state index is -0.189. The van der Waals surface area contributed by atoms with E-state index >= 15 is 0 Å². The summed E-state index contributed by atoms with van der Waals surface area (Å²) >= 11 is 0. The second-order valence-corrected chi connectivity index (χ2v) is 7.14. The summed E-state index contributed by atoms with van der Waals surface area (Å²) in [4.78, 5) is 29.3. The summed E-state index contributed by atoms with van der Waals surface area (Å²) in [5.41, 5.74) is 3.54. The van der Waals surface area contributed by atoms with Crippen LogP contribution in [0.5, 0.6) is 0 Å². The average Bonchev–Trinajstić information content (AvgIpc) is 2.96. The van der Waals surface area contributed by atoms with Gasteiger partial charge in [0.1, 0.15) is 0 Å². The number of amides is 2. The lowest BCUT2D eigenvalue weighted by Crippen LogP contribution is -2.41. The summed E-state index contributed by atoms with van der Waals surface area (Å²) in [7, 11) is 0. The topological polar surface area (TPSA) is 40.6 Å². The Morgan fingerprint density at radius 1 is 1.29 bits per heavy atom. The Kier molecular flexibility index (Phi) is 4.93. The largest absolute Gasteiger partial charge is 0.339 e. The van der Waals surface area contributed by atoms with Crippen LogP contribution < -0.4 is 4.90 Å². The van der Waals surface area contributed by atoms with Gasteiger partial charge in [0.15, 0.2) is 0 Å². The molecular formula is C20H28N2O2. The average molecular weight is 328 g/mol. The zero-order valence-electron chi connectivity index (χ0n) is 15.0. The smallest absolute Gasteiger partial charge is 0.232 e. The van der Waals surface area contributed by atoms with Crippen LogP contribution in [0.25, 0.3) is 0 Å². The van der Waals surface area contributed by atoms with E-state index in [1.54, 1.807) is 0 Å². The Morgan fingerprint density at radius 3 is 2.75 bits per heavy atom. The van der Waals surface area contributed by atoms with Crippen molar-refractivity contribution in [2.75, 3.05) is 18.0 Å². The molecule has 3 rings (SSSR count). The van der Waals surface area contributed by atoms with E-state index in [0.717, 1.165) is 37.9 Å². The number of benzene rings is 1. The zero-order valence-corrected chi connectivity index (χ0v) is 15.0. The Balaban J connectivity index is 1.78. The van der Waals surface area contributed by atoms with E-state index in [4.69, 9.17) is 0 Å². The highest BCUT2D eigenvalue weighted by atomic mass is 16.2. The Hall–Kier alpha value is -1.84. The van der Waals surface area contributed by atoms with Gasteiger partial charge in [0.05, 0.1) is 5.92 Å². The maximum absolute atomic E-state index is 13.1. The van der Waals surface area contributed by atoms with Gasteiger partial charge in [-0.1, -0.05) is 31.5 Å². The first-order valence-corrected chi connectivity index (χ1v) is 9.25. The van der Waals surface area contributed by atoms with Crippen LogP contribution in [-0.2, 0) is 16.0 Å². The molecule has 0 radical (unpaired) electrons. The van der Waals surface area contributed by atoms with Crippen LogP contribution in [0.15, 0.2) is 18.2 Å². The van der Waals surface area contributed by atoms with E-state index in [1.807, 2.05) is 9.80 Å². The number of hydrogen-bond donors (Lipinski definition) is 0. The van der Waals surface area contributed by atoms with Crippen molar-refractivity contribution in [3.05, 3.63) is 29.3 Å². The number of hydrogen-bond acceptors (Lipinski definition) is 2. The highest BCUT2D eigenvalue weighted by Crippen LogP contribution is 2.32. The molecule has 4 nitrogen and oxygen atoms in total. The first-order chi connectivity index (χ1) is 11.5. The second-order valence-electron chi connectivity index (χ2n) is 7.14. The molecule has 0 aliphatic carbocycles.